The molecule has 2 heterocycles. The molecule has 0 aliphatic carbocycles. The van der Waals surface area contributed by atoms with E-state index in [4.69, 9.17) is 4.74 Å². The van der Waals surface area contributed by atoms with Gasteiger partial charge in [-0.05, 0) is 51.6 Å². The van der Waals surface area contributed by atoms with Gasteiger partial charge in [0.05, 0.1) is 12.5 Å². The van der Waals surface area contributed by atoms with Crippen LogP contribution >= 0.6 is 11.8 Å². The highest BCUT2D eigenvalue weighted by Gasteiger charge is 2.15. The second-order valence-corrected chi connectivity index (χ2v) is 7.61. The second-order valence-electron chi connectivity index (χ2n) is 6.84. The van der Waals surface area contributed by atoms with Crippen molar-refractivity contribution in [3.8, 4) is 5.75 Å². The minimum Gasteiger partial charge on any atom is -0.491 e. The number of ether oxygens (including phenoxy) is 1. The summed E-state index contributed by atoms with van der Waals surface area (Å²) in [5, 5.41) is 8.06. The van der Waals surface area contributed by atoms with E-state index in [9.17, 15) is 4.79 Å². The fraction of sp³-hybridized carbons (Fsp3) is 0.400. The number of thioether (sulfide) groups is 1. The van der Waals surface area contributed by atoms with E-state index >= 15 is 0 Å². The molecule has 3 rings (SSSR count). The van der Waals surface area contributed by atoms with E-state index in [1.165, 1.54) is 11.8 Å². The Kier molecular flexibility index (Phi) is 6.18. The van der Waals surface area contributed by atoms with Crippen LogP contribution in [0.15, 0.2) is 29.4 Å². The lowest BCUT2D eigenvalue weighted by Gasteiger charge is -2.12. The molecule has 0 bridgehead atoms. The number of hydrogen-bond donors (Lipinski definition) is 1. The van der Waals surface area contributed by atoms with E-state index in [2.05, 4.69) is 20.4 Å². The molecule has 0 aliphatic rings. The number of rotatable bonds is 7. The molecule has 0 radical (unpaired) electrons. The molecule has 8 heteroatoms. The summed E-state index contributed by atoms with van der Waals surface area (Å²) in [6, 6.07) is 7.76. The predicted molar refractivity (Wildman–Crippen MR) is 110 cm³/mol. The van der Waals surface area contributed by atoms with Crippen LogP contribution in [0.25, 0.3) is 5.78 Å². The first kappa shape index (κ1) is 20.1. The number of carbonyl (C=O) groups is 1. The number of carbonyl (C=O) groups excluding carboxylic acids is 1. The van der Waals surface area contributed by atoms with Crippen LogP contribution in [-0.2, 0) is 17.8 Å². The van der Waals surface area contributed by atoms with Crippen LogP contribution in [0.2, 0.25) is 0 Å². The fourth-order valence-corrected chi connectivity index (χ4v) is 3.25. The van der Waals surface area contributed by atoms with Crippen molar-refractivity contribution in [1.29, 1.82) is 0 Å². The molecule has 3 aromatic rings. The molecule has 148 valence electrons. The molecular formula is C20H25N5O2S. The van der Waals surface area contributed by atoms with Crippen molar-refractivity contribution in [2.45, 2.75) is 51.9 Å². The minimum absolute atomic E-state index is 0.0555. The first-order valence-electron chi connectivity index (χ1n) is 9.16. The molecule has 1 amide bonds. The highest BCUT2D eigenvalue weighted by molar-refractivity contribution is 7.98. The van der Waals surface area contributed by atoms with Gasteiger partial charge in [-0.2, -0.15) is 4.98 Å². The Labute approximate surface area is 168 Å². The van der Waals surface area contributed by atoms with Gasteiger partial charge in [0.2, 0.25) is 11.1 Å². The summed E-state index contributed by atoms with van der Waals surface area (Å²) < 4.78 is 7.34. The number of nitrogens with zero attached hydrogens (tertiary/aromatic N) is 4. The van der Waals surface area contributed by atoms with E-state index in [-0.39, 0.29) is 18.4 Å². The smallest absolute Gasteiger partial charge is 0.253 e. The molecule has 0 spiro atoms. The molecule has 0 aliphatic heterocycles. The number of amides is 1. The normalized spacial score (nSPS) is 11.2. The standard InChI is InChI=1S/C20H25N5O2S/c1-12(2)27-16-8-6-15(7-9-16)11-21-18(26)10-17-13(3)22-19-23-20(28-5)24-25(19)14(17)4/h6-9,12H,10-11H2,1-5H3,(H,21,26). The topological polar surface area (TPSA) is 81.4 Å². The Bertz CT molecular complexity index is 982. The van der Waals surface area contributed by atoms with Crippen LogP contribution in [0, 0.1) is 13.8 Å². The van der Waals surface area contributed by atoms with E-state index in [0.717, 1.165) is 28.3 Å². The first-order chi connectivity index (χ1) is 13.4. The van der Waals surface area contributed by atoms with Gasteiger partial charge in [0, 0.05) is 23.5 Å². The van der Waals surface area contributed by atoms with Gasteiger partial charge >= 0.3 is 0 Å². The third kappa shape index (κ3) is 4.62. The molecule has 7 nitrogen and oxygen atoms in total. The van der Waals surface area contributed by atoms with Crippen molar-refractivity contribution >= 4 is 23.4 Å². The summed E-state index contributed by atoms with van der Waals surface area (Å²) in [4.78, 5) is 21.3. The average molecular weight is 400 g/mol. The fourth-order valence-electron chi connectivity index (χ4n) is 2.91. The molecule has 0 saturated carbocycles. The van der Waals surface area contributed by atoms with Gasteiger partial charge in [0.15, 0.2) is 0 Å². The van der Waals surface area contributed by atoms with Crippen molar-refractivity contribution in [2.24, 2.45) is 0 Å². The molecule has 1 N–H and O–H groups in total. The highest BCUT2D eigenvalue weighted by Crippen LogP contribution is 2.17. The Morgan fingerprint density at radius 3 is 2.57 bits per heavy atom. The summed E-state index contributed by atoms with van der Waals surface area (Å²) in [5.41, 5.74) is 3.59. The third-order valence-corrected chi connectivity index (χ3v) is 4.87. The van der Waals surface area contributed by atoms with Gasteiger partial charge in [0.25, 0.3) is 5.78 Å². The van der Waals surface area contributed by atoms with E-state index < -0.39 is 0 Å². The maximum absolute atomic E-state index is 12.5. The van der Waals surface area contributed by atoms with Crippen molar-refractivity contribution < 1.29 is 9.53 Å². The van der Waals surface area contributed by atoms with E-state index in [0.29, 0.717) is 17.5 Å². The summed E-state index contributed by atoms with van der Waals surface area (Å²) in [7, 11) is 0. The monoisotopic (exact) mass is 399 g/mol. The lowest BCUT2D eigenvalue weighted by Crippen LogP contribution is -2.25. The van der Waals surface area contributed by atoms with Crippen molar-refractivity contribution in [2.75, 3.05) is 6.26 Å². The summed E-state index contributed by atoms with van der Waals surface area (Å²) in [5.74, 6) is 1.33. The van der Waals surface area contributed by atoms with Gasteiger partial charge in [-0.25, -0.2) is 9.50 Å². The SMILES string of the molecule is CSc1nc2nc(C)c(CC(=O)NCc3ccc(OC(C)C)cc3)c(C)n2n1. The summed E-state index contributed by atoms with van der Waals surface area (Å²) in [6.45, 7) is 8.29. The Hall–Kier alpha value is -2.61. The number of hydrogen-bond acceptors (Lipinski definition) is 6. The maximum Gasteiger partial charge on any atom is 0.253 e. The van der Waals surface area contributed by atoms with Gasteiger partial charge in [-0.15, -0.1) is 5.10 Å². The van der Waals surface area contributed by atoms with Crippen LogP contribution in [0.5, 0.6) is 5.75 Å². The third-order valence-electron chi connectivity index (χ3n) is 4.33. The minimum atomic E-state index is -0.0555. The van der Waals surface area contributed by atoms with Crippen LogP contribution in [0.3, 0.4) is 0 Å². The first-order valence-corrected chi connectivity index (χ1v) is 10.4. The average Bonchev–Trinajstić information content (AvgIpc) is 3.07. The zero-order valence-electron chi connectivity index (χ0n) is 16.8. The quantitative estimate of drug-likeness (QED) is 0.615. The van der Waals surface area contributed by atoms with Crippen LogP contribution in [0.4, 0.5) is 0 Å². The van der Waals surface area contributed by atoms with Crippen molar-refractivity contribution in [3.05, 3.63) is 46.8 Å². The number of fused-ring (bicyclic) bond motifs is 1. The van der Waals surface area contributed by atoms with E-state index in [1.807, 2.05) is 58.2 Å². The predicted octanol–water partition coefficient (Wildman–Crippen LogP) is 3.11. The van der Waals surface area contributed by atoms with Crippen LogP contribution < -0.4 is 10.1 Å². The highest BCUT2D eigenvalue weighted by atomic mass is 32.2. The Balaban J connectivity index is 1.66. The lowest BCUT2D eigenvalue weighted by molar-refractivity contribution is -0.120. The molecule has 28 heavy (non-hydrogen) atoms. The van der Waals surface area contributed by atoms with Gasteiger partial charge < -0.3 is 10.1 Å². The summed E-state index contributed by atoms with van der Waals surface area (Å²) in [6.07, 6.45) is 2.32. The maximum atomic E-state index is 12.5. The van der Waals surface area contributed by atoms with Crippen molar-refractivity contribution in [1.82, 2.24) is 24.9 Å². The van der Waals surface area contributed by atoms with Crippen molar-refractivity contribution in [3.63, 3.8) is 0 Å². The largest absolute Gasteiger partial charge is 0.491 e. The number of nitrogens with one attached hydrogen (secondary N) is 1. The van der Waals surface area contributed by atoms with Gasteiger partial charge in [-0.1, -0.05) is 23.9 Å². The summed E-state index contributed by atoms with van der Waals surface area (Å²) >= 11 is 1.47. The molecule has 0 atom stereocenters. The second kappa shape index (κ2) is 8.60. The molecule has 0 unspecified atom stereocenters. The molecule has 2 aromatic heterocycles. The van der Waals surface area contributed by atoms with Gasteiger partial charge in [0.1, 0.15) is 5.75 Å². The van der Waals surface area contributed by atoms with Crippen LogP contribution in [0.1, 0.15) is 36.4 Å². The number of aryl methyl sites for hydroxylation is 2. The van der Waals surface area contributed by atoms with E-state index in [1.54, 1.807) is 4.52 Å². The molecule has 0 fully saturated rings. The Morgan fingerprint density at radius 2 is 1.93 bits per heavy atom. The molecule has 0 saturated heterocycles. The van der Waals surface area contributed by atoms with Crippen LogP contribution in [-0.4, -0.2) is 37.8 Å². The lowest BCUT2D eigenvalue weighted by atomic mass is 10.1. The molecule has 1 aromatic carbocycles. The number of aromatic nitrogens is 4. The molecular weight excluding hydrogens is 374 g/mol. The number of benzene rings is 1. The Morgan fingerprint density at radius 1 is 1.21 bits per heavy atom. The zero-order chi connectivity index (χ0) is 20.3. The van der Waals surface area contributed by atoms with Gasteiger partial charge in [-0.3, -0.25) is 4.79 Å². The zero-order valence-corrected chi connectivity index (χ0v) is 17.6.